The SMILES string of the molecule is CC1(C)OB(c2cccc(NC(=O)c3cn[nH]c3)c2)OC1(C)C. The van der Waals surface area contributed by atoms with Gasteiger partial charge in [-0.25, -0.2) is 0 Å². The summed E-state index contributed by atoms with van der Waals surface area (Å²) in [5.74, 6) is -0.218. The molecule has 2 aromatic rings. The third kappa shape index (κ3) is 3.02. The minimum Gasteiger partial charge on any atom is -0.399 e. The maximum atomic E-state index is 12.1. The molecule has 2 N–H and O–H groups in total. The van der Waals surface area contributed by atoms with E-state index in [9.17, 15) is 4.79 Å². The topological polar surface area (TPSA) is 76.2 Å². The molecule has 0 spiro atoms. The van der Waals surface area contributed by atoms with Gasteiger partial charge in [-0.2, -0.15) is 5.10 Å². The molecule has 1 aliphatic rings. The van der Waals surface area contributed by atoms with Gasteiger partial charge in [0.1, 0.15) is 0 Å². The molecule has 1 aromatic heterocycles. The molecule has 1 aromatic carbocycles. The van der Waals surface area contributed by atoms with Crippen LogP contribution in [0, 0.1) is 0 Å². The van der Waals surface area contributed by atoms with E-state index in [1.165, 1.54) is 6.20 Å². The summed E-state index contributed by atoms with van der Waals surface area (Å²) in [6.07, 6.45) is 3.03. The number of nitrogens with one attached hydrogen (secondary N) is 2. The molecule has 1 amide bonds. The van der Waals surface area contributed by atoms with E-state index in [1.807, 2.05) is 52.0 Å². The molecule has 0 radical (unpaired) electrons. The lowest BCUT2D eigenvalue weighted by molar-refractivity contribution is 0.00578. The summed E-state index contributed by atoms with van der Waals surface area (Å²) >= 11 is 0. The number of amides is 1. The van der Waals surface area contributed by atoms with Crippen molar-refractivity contribution in [3.05, 3.63) is 42.2 Å². The standard InChI is InChI=1S/C16H20BN3O3/c1-15(2)16(3,4)23-17(22-15)12-6-5-7-13(8-12)20-14(21)11-9-18-19-10-11/h5-10H,1-4H3,(H,18,19)(H,20,21). The molecule has 3 rings (SSSR count). The Morgan fingerprint density at radius 3 is 2.52 bits per heavy atom. The third-order valence-corrected chi connectivity index (χ3v) is 4.43. The molecule has 23 heavy (non-hydrogen) atoms. The fraction of sp³-hybridized carbons (Fsp3) is 0.375. The lowest BCUT2D eigenvalue weighted by atomic mass is 9.79. The van der Waals surface area contributed by atoms with Gasteiger partial charge in [-0.3, -0.25) is 9.89 Å². The maximum absolute atomic E-state index is 12.1. The molecule has 2 heterocycles. The fourth-order valence-electron chi connectivity index (χ4n) is 2.32. The maximum Gasteiger partial charge on any atom is 0.494 e. The minimum atomic E-state index is -0.453. The van der Waals surface area contributed by atoms with Gasteiger partial charge in [0.25, 0.3) is 5.91 Å². The second-order valence-electron chi connectivity index (χ2n) is 6.65. The van der Waals surface area contributed by atoms with Gasteiger partial charge in [-0.15, -0.1) is 0 Å². The predicted molar refractivity (Wildman–Crippen MR) is 88.7 cm³/mol. The molecule has 6 nitrogen and oxygen atoms in total. The molecule has 0 aliphatic carbocycles. The van der Waals surface area contributed by atoms with Crippen molar-refractivity contribution in [3.63, 3.8) is 0 Å². The van der Waals surface area contributed by atoms with Crippen LogP contribution in [0.25, 0.3) is 0 Å². The average Bonchev–Trinajstić information content (AvgIpc) is 3.06. The molecule has 7 heteroatoms. The van der Waals surface area contributed by atoms with Crippen molar-refractivity contribution in [1.29, 1.82) is 0 Å². The van der Waals surface area contributed by atoms with Gasteiger partial charge in [0.05, 0.1) is 23.0 Å². The zero-order chi connectivity index (χ0) is 16.7. The van der Waals surface area contributed by atoms with Gasteiger partial charge >= 0.3 is 7.12 Å². The van der Waals surface area contributed by atoms with Crippen LogP contribution in [-0.4, -0.2) is 34.4 Å². The number of hydrogen-bond acceptors (Lipinski definition) is 4. The number of H-pyrrole nitrogens is 1. The number of nitrogens with zero attached hydrogens (tertiary/aromatic N) is 1. The van der Waals surface area contributed by atoms with Crippen molar-refractivity contribution >= 4 is 24.2 Å². The second kappa shape index (κ2) is 5.51. The molecule has 1 aliphatic heterocycles. The van der Waals surface area contributed by atoms with Crippen LogP contribution >= 0.6 is 0 Å². The minimum absolute atomic E-state index is 0.218. The normalized spacial score (nSPS) is 18.9. The highest BCUT2D eigenvalue weighted by Gasteiger charge is 2.51. The Morgan fingerprint density at radius 2 is 1.91 bits per heavy atom. The number of hydrogen-bond donors (Lipinski definition) is 2. The summed E-state index contributed by atoms with van der Waals surface area (Å²) in [6, 6.07) is 7.48. The van der Waals surface area contributed by atoms with Crippen LogP contribution < -0.4 is 10.8 Å². The molecule has 0 bridgehead atoms. The van der Waals surface area contributed by atoms with Crippen LogP contribution in [-0.2, 0) is 9.31 Å². The van der Waals surface area contributed by atoms with E-state index in [-0.39, 0.29) is 5.91 Å². The number of aromatic nitrogens is 2. The average molecular weight is 313 g/mol. The van der Waals surface area contributed by atoms with Crippen molar-refractivity contribution in [2.24, 2.45) is 0 Å². The Kier molecular flexibility index (Phi) is 3.78. The van der Waals surface area contributed by atoms with Gasteiger partial charge in [0.15, 0.2) is 0 Å². The second-order valence-corrected chi connectivity index (χ2v) is 6.65. The number of anilines is 1. The molecule has 0 atom stereocenters. The van der Waals surface area contributed by atoms with Crippen LogP contribution in [0.1, 0.15) is 38.1 Å². The molecule has 1 saturated heterocycles. The number of aromatic amines is 1. The van der Waals surface area contributed by atoms with Gasteiger partial charge in [-0.1, -0.05) is 12.1 Å². The predicted octanol–water partition coefficient (Wildman–Crippen LogP) is 1.96. The number of rotatable bonds is 3. The highest BCUT2D eigenvalue weighted by Crippen LogP contribution is 2.36. The van der Waals surface area contributed by atoms with Crippen molar-refractivity contribution < 1.29 is 14.1 Å². The van der Waals surface area contributed by atoms with Crippen molar-refractivity contribution in [1.82, 2.24) is 10.2 Å². The lowest BCUT2D eigenvalue weighted by Crippen LogP contribution is -2.41. The van der Waals surface area contributed by atoms with Gasteiger partial charge in [-0.05, 0) is 45.3 Å². The largest absolute Gasteiger partial charge is 0.494 e. The fourth-order valence-corrected chi connectivity index (χ4v) is 2.32. The van der Waals surface area contributed by atoms with Crippen LogP contribution in [0.5, 0.6) is 0 Å². The van der Waals surface area contributed by atoms with E-state index in [1.54, 1.807) is 6.20 Å². The molecular weight excluding hydrogens is 293 g/mol. The van der Waals surface area contributed by atoms with E-state index in [2.05, 4.69) is 15.5 Å². The number of benzene rings is 1. The zero-order valence-corrected chi connectivity index (χ0v) is 13.7. The summed E-state index contributed by atoms with van der Waals surface area (Å²) in [4.78, 5) is 12.1. The Hall–Kier alpha value is -2.12. The number of carbonyl (C=O) groups is 1. The van der Waals surface area contributed by atoms with Crippen LogP contribution in [0.3, 0.4) is 0 Å². The number of carbonyl (C=O) groups excluding carboxylic acids is 1. The van der Waals surface area contributed by atoms with Gasteiger partial charge < -0.3 is 14.6 Å². The first-order chi connectivity index (χ1) is 10.8. The summed E-state index contributed by atoms with van der Waals surface area (Å²) in [5.41, 5.74) is 1.24. The molecular formula is C16H20BN3O3. The van der Waals surface area contributed by atoms with E-state index in [0.717, 1.165) is 5.46 Å². The highest BCUT2D eigenvalue weighted by molar-refractivity contribution is 6.62. The van der Waals surface area contributed by atoms with E-state index >= 15 is 0 Å². The Bertz CT molecular complexity index is 697. The molecule has 0 unspecified atom stereocenters. The quantitative estimate of drug-likeness (QED) is 0.849. The Balaban J connectivity index is 1.77. The van der Waals surface area contributed by atoms with Crippen LogP contribution in [0.2, 0.25) is 0 Å². The van der Waals surface area contributed by atoms with E-state index in [4.69, 9.17) is 9.31 Å². The summed E-state index contributed by atoms with van der Waals surface area (Å²) in [6.45, 7) is 8.05. The van der Waals surface area contributed by atoms with Crippen molar-refractivity contribution in [2.45, 2.75) is 38.9 Å². The van der Waals surface area contributed by atoms with Crippen LogP contribution in [0.4, 0.5) is 5.69 Å². The first-order valence-electron chi connectivity index (χ1n) is 7.54. The molecule has 120 valence electrons. The summed E-state index contributed by atoms with van der Waals surface area (Å²) < 4.78 is 12.1. The van der Waals surface area contributed by atoms with Crippen LogP contribution in [0.15, 0.2) is 36.7 Å². The third-order valence-electron chi connectivity index (χ3n) is 4.43. The zero-order valence-electron chi connectivity index (χ0n) is 13.7. The van der Waals surface area contributed by atoms with Crippen molar-refractivity contribution in [3.8, 4) is 0 Å². The Morgan fingerprint density at radius 1 is 1.22 bits per heavy atom. The monoisotopic (exact) mass is 313 g/mol. The summed E-state index contributed by atoms with van der Waals surface area (Å²) in [7, 11) is -0.453. The van der Waals surface area contributed by atoms with Gasteiger partial charge in [0, 0.05) is 11.9 Å². The van der Waals surface area contributed by atoms with E-state index in [0.29, 0.717) is 11.3 Å². The van der Waals surface area contributed by atoms with Gasteiger partial charge in [0.2, 0.25) is 0 Å². The first-order valence-corrected chi connectivity index (χ1v) is 7.54. The Labute approximate surface area is 135 Å². The first kappa shape index (κ1) is 15.8. The molecule has 1 fully saturated rings. The molecule has 0 saturated carbocycles. The lowest BCUT2D eigenvalue weighted by Gasteiger charge is -2.32. The highest BCUT2D eigenvalue weighted by atomic mass is 16.7. The summed E-state index contributed by atoms with van der Waals surface area (Å²) in [5, 5.41) is 9.23. The van der Waals surface area contributed by atoms with Crippen molar-refractivity contribution in [2.75, 3.05) is 5.32 Å². The van der Waals surface area contributed by atoms with E-state index < -0.39 is 18.3 Å². The smallest absolute Gasteiger partial charge is 0.399 e.